The summed E-state index contributed by atoms with van der Waals surface area (Å²) in [6, 6.07) is 20.7. The van der Waals surface area contributed by atoms with Crippen molar-refractivity contribution in [2.45, 2.75) is 23.1 Å². The van der Waals surface area contributed by atoms with Gasteiger partial charge in [-0.15, -0.1) is 15.7 Å². The van der Waals surface area contributed by atoms with Gasteiger partial charge in [0.25, 0.3) is 0 Å². The molecule has 1 N–H and O–H groups in total. The Bertz CT molecular complexity index is 1340. The lowest BCUT2D eigenvalue weighted by Crippen LogP contribution is -2.37. The molecule has 0 bridgehead atoms. The number of hydrogen-bond donors (Lipinski definition) is 1. The molecular formula is C26H22N2O4S2. The summed E-state index contributed by atoms with van der Waals surface area (Å²) in [5.74, 6) is 5.55. The van der Waals surface area contributed by atoms with E-state index in [2.05, 4.69) is 17.2 Å². The highest BCUT2D eigenvalue weighted by Gasteiger charge is 2.22. The second-order valence-electron chi connectivity index (χ2n) is 7.45. The Labute approximate surface area is 206 Å². The molecule has 2 heterocycles. The zero-order chi connectivity index (χ0) is 23.8. The van der Waals surface area contributed by atoms with Crippen LogP contribution in [-0.2, 0) is 32.3 Å². The van der Waals surface area contributed by atoms with E-state index < -0.39 is 12.0 Å². The average molecular weight is 491 g/mol. The van der Waals surface area contributed by atoms with Crippen LogP contribution in [0.1, 0.15) is 22.4 Å². The van der Waals surface area contributed by atoms with E-state index in [0.717, 1.165) is 43.2 Å². The van der Waals surface area contributed by atoms with Gasteiger partial charge in [0.2, 0.25) is 6.41 Å². The number of amides is 1. The van der Waals surface area contributed by atoms with Gasteiger partial charge in [-0.25, -0.2) is 4.79 Å². The molecule has 1 atom stereocenters. The molecule has 172 valence electrons. The second kappa shape index (κ2) is 11.6. The Morgan fingerprint density at radius 1 is 1.12 bits per heavy atom. The first kappa shape index (κ1) is 23.6. The van der Waals surface area contributed by atoms with E-state index in [-0.39, 0.29) is 0 Å². The van der Waals surface area contributed by atoms with Crippen LogP contribution in [-0.4, -0.2) is 23.0 Å². The van der Waals surface area contributed by atoms with Gasteiger partial charge in [0.05, 0.1) is 21.1 Å². The molecule has 0 aliphatic rings. The molecule has 6 nitrogen and oxygen atoms in total. The Kier molecular flexibility index (Phi) is 8.04. The molecule has 0 spiro atoms. The molecule has 0 radical (unpaired) electrons. The van der Waals surface area contributed by atoms with Gasteiger partial charge in [-0.2, -0.15) is 0 Å². The SMILES string of the molecule is Cn1cc(CCC(NC=O)C(=O)OOSc2ccc(C#Cc3ccccc3)s2)c2ccccc21. The van der Waals surface area contributed by atoms with E-state index in [1.165, 1.54) is 11.3 Å². The van der Waals surface area contributed by atoms with Crippen molar-refractivity contribution in [3.8, 4) is 11.8 Å². The van der Waals surface area contributed by atoms with Crippen molar-refractivity contribution in [2.75, 3.05) is 0 Å². The Balaban J connectivity index is 1.29. The number of hydrogen-bond acceptors (Lipinski definition) is 6. The molecule has 0 aliphatic heterocycles. The van der Waals surface area contributed by atoms with Crippen molar-refractivity contribution >= 4 is 46.7 Å². The molecule has 4 rings (SSSR count). The van der Waals surface area contributed by atoms with Crippen LogP contribution in [0.3, 0.4) is 0 Å². The van der Waals surface area contributed by atoms with Gasteiger partial charge >= 0.3 is 5.97 Å². The molecule has 0 saturated heterocycles. The van der Waals surface area contributed by atoms with E-state index in [9.17, 15) is 9.59 Å². The van der Waals surface area contributed by atoms with Gasteiger partial charge in [0.15, 0.2) is 0 Å². The monoisotopic (exact) mass is 490 g/mol. The van der Waals surface area contributed by atoms with E-state index in [1.807, 2.05) is 84.5 Å². The quantitative estimate of drug-likeness (QED) is 0.119. The zero-order valence-electron chi connectivity index (χ0n) is 18.4. The molecule has 34 heavy (non-hydrogen) atoms. The van der Waals surface area contributed by atoms with Gasteiger partial charge in [-0.05, 0) is 48.7 Å². The normalized spacial score (nSPS) is 11.4. The predicted octanol–water partition coefficient (Wildman–Crippen LogP) is 4.87. The highest BCUT2D eigenvalue weighted by atomic mass is 32.2. The number of aromatic nitrogens is 1. The fourth-order valence-corrected chi connectivity index (χ4v) is 4.88. The van der Waals surface area contributed by atoms with Crippen molar-refractivity contribution in [3.63, 3.8) is 0 Å². The third-order valence-corrected chi connectivity index (χ3v) is 6.84. The van der Waals surface area contributed by atoms with Crippen molar-refractivity contribution in [1.82, 2.24) is 9.88 Å². The summed E-state index contributed by atoms with van der Waals surface area (Å²) in [7, 11) is 1.98. The summed E-state index contributed by atoms with van der Waals surface area (Å²) in [6.45, 7) is 0. The number of nitrogens with one attached hydrogen (secondary N) is 1. The van der Waals surface area contributed by atoms with Gasteiger partial charge in [0, 0.05) is 29.7 Å². The maximum absolute atomic E-state index is 12.5. The Hall–Kier alpha value is -3.51. The van der Waals surface area contributed by atoms with Crippen LogP contribution < -0.4 is 5.32 Å². The molecule has 0 saturated carbocycles. The van der Waals surface area contributed by atoms with Crippen LogP contribution in [0.4, 0.5) is 0 Å². The summed E-state index contributed by atoms with van der Waals surface area (Å²) >= 11 is 2.37. The molecular weight excluding hydrogens is 468 g/mol. The molecule has 0 fully saturated rings. The summed E-state index contributed by atoms with van der Waals surface area (Å²) in [6.07, 6.45) is 3.52. The number of benzene rings is 2. The lowest BCUT2D eigenvalue weighted by Gasteiger charge is -2.13. The molecule has 1 unspecified atom stereocenters. The lowest BCUT2D eigenvalue weighted by atomic mass is 10.0. The van der Waals surface area contributed by atoms with Crippen LogP contribution in [0.5, 0.6) is 0 Å². The topological polar surface area (TPSA) is 69.6 Å². The zero-order valence-corrected chi connectivity index (χ0v) is 20.0. The Morgan fingerprint density at radius 2 is 1.91 bits per heavy atom. The Morgan fingerprint density at radius 3 is 2.74 bits per heavy atom. The van der Waals surface area contributed by atoms with Crippen molar-refractivity contribution in [1.29, 1.82) is 0 Å². The predicted molar refractivity (Wildman–Crippen MR) is 134 cm³/mol. The highest BCUT2D eigenvalue weighted by molar-refractivity contribution is 7.96. The fourth-order valence-electron chi connectivity index (χ4n) is 3.51. The van der Waals surface area contributed by atoms with Crippen molar-refractivity contribution < 1.29 is 18.8 Å². The first-order valence-corrected chi connectivity index (χ1v) is 12.1. The largest absolute Gasteiger partial charge is 0.365 e. The maximum atomic E-state index is 12.5. The second-order valence-corrected chi connectivity index (χ2v) is 9.53. The van der Waals surface area contributed by atoms with E-state index >= 15 is 0 Å². The fraction of sp³-hybridized carbons (Fsp3) is 0.154. The lowest BCUT2D eigenvalue weighted by molar-refractivity contribution is -0.208. The third kappa shape index (κ3) is 6.08. The number of nitrogens with zero attached hydrogens (tertiary/aromatic N) is 1. The van der Waals surface area contributed by atoms with Crippen molar-refractivity contribution in [2.24, 2.45) is 7.05 Å². The minimum Gasteiger partial charge on any atom is -0.350 e. The molecule has 1 amide bonds. The smallest absolute Gasteiger partial charge is 0.350 e. The first-order valence-electron chi connectivity index (χ1n) is 10.6. The van der Waals surface area contributed by atoms with Crippen LogP contribution in [0.25, 0.3) is 10.9 Å². The standard InChI is InChI=1S/C26H22N2O4S2/c1-28-17-20(22-9-5-6-10-24(22)28)12-15-23(27-18-29)26(30)31-32-34-25-16-14-21(33-25)13-11-19-7-3-2-4-8-19/h2-10,14,16-18,23H,12,15H2,1H3,(H,27,29). The third-order valence-electron chi connectivity index (χ3n) is 5.15. The van der Waals surface area contributed by atoms with Gasteiger partial charge in [-0.1, -0.05) is 48.2 Å². The van der Waals surface area contributed by atoms with E-state index in [4.69, 9.17) is 9.22 Å². The van der Waals surface area contributed by atoms with E-state index in [1.54, 1.807) is 0 Å². The summed E-state index contributed by atoms with van der Waals surface area (Å²) in [5.41, 5.74) is 3.15. The minimum absolute atomic E-state index is 0.387. The number of thiophene rings is 1. The summed E-state index contributed by atoms with van der Waals surface area (Å²) < 4.78 is 7.92. The number of aryl methyl sites for hydroxylation is 2. The number of para-hydroxylation sites is 1. The molecule has 0 aliphatic carbocycles. The summed E-state index contributed by atoms with van der Waals surface area (Å²) in [4.78, 5) is 29.3. The molecule has 2 aromatic carbocycles. The maximum Gasteiger partial charge on any atom is 0.365 e. The van der Waals surface area contributed by atoms with Crippen LogP contribution >= 0.6 is 23.4 Å². The van der Waals surface area contributed by atoms with Gasteiger partial charge in [-0.3, -0.25) is 9.68 Å². The number of carbonyl (C=O) groups is 2. The number of rotatable bonds is 9. The molecule has 4 aromatic rings. The number of fused-ring (bicyclic) bond motifs is 1. The highest BCUT2D eigenvalue weighted by Crippen LogP contribution is 2.28. The molecule has 8 heteroatoms. The van der Waals surface area contributed by atoms with Crippen LogP contribution in [0.2, 0.25) is 0 Å². The first-order chi connectivity index (χ1) is 16.6. The van der Waals surface area contributed by atoms with E-state index in [0.29, 0.717) is 19.3 Å². The average Bonchev–Trinajstić information content (AvgIpc) is 3.45. The summed E-state index contributed by atoms with van der Waals surface area (Å²) in [5, 5.41) is 3.65. The van der Waals surface area contributed by atoms with Gasteiger partial charge < -0.3 is 9.88 Å². The molecule has 2 aromatic heterocycles. The minimum atomic E-state index is -0.812. The van der Waals surface area contributed by atoms with Crippen LogP contribution in [0.15, 0.2) is 77.1 Å². The van der Waals surface area contributed by atoms with Crippen LogP contribution in [0, 0.1) is 11.8 Å². The van der Waals surface area contributed by atoms with Crippen molar-refractivity contribution in [3.05, 3.63) is 88.9 Å². The number of carbonyl (C=O) groups excluding carboxylic acids is 2. The van der Waals surface area contributed by atoms with Gasteiger partial charge in [0.1, 0.15) is 6.04 Å².